The van der Waals surface area contributed by atoms with Crippen LogP contribution in [0.25, 0.3) is 10.8 Å². The number of carbonyl (C=O) groups excluding carboxylic acids is 1. The Bertz CT molecular complexity index is 1040. The second-order valence-corrected chi connectivity index (χ2v) is 7.58. The van der Waals surface area contributed by atoms with Crippen molar-refractivity contribution in [1.82, 2.24) is 0 Å². The molecule has 0 aliphatic heterocycles. The van der Waals surface area contributed by atoms with E-state index in [4.69, 9.17) is 5.14 Å². The van der Waals surface area contributed by atoms with Gasteiger partial charge in [-0.3, -0.25) is 4.79 Å². The van der Waals surface area contributed by atoms with Crippen LogP contribution in [0.2, 0.25) is 0 Å². The van der Waals surface area contributed by atoms with Crippen LogP contribution in [0.15, 0.2) is 70.0 Å². The Balaban J connectivity index is 2.01. The van der Waals surface area contributed by atoms with Gasteiger partial charge in [-0.1, -0.05) is 36.4 Å². The molecule has 122 valence electrons. The number of fused-ring (bicyclic) bond motifs is 1. The third-order valence-corrected chi connectivity index (χ3v) is 5.15. The normalized spacial score (nSPS) is 11.4. The van der Waals surface area contributed by atoms with Gasteiger partial charge in [-0.2, -0.15) is 0 Å². The molecule has 0 unspecified atom stereocenters. The van der Waals surface area contributed by atoms with Crippen molar-refractivity contribution in [3.8, 4) is 0 Å². The highest BCUT2D eigenvalue weighted by Crippen LogP contribution is 2.26. The second-order valence-electron chi connectivity index (χ2n) is 5.17. The van der Waals surface area contributed by atoms with Crippen LogP contribution < -0.4 is 10.5 Å². The zero-order valence-electron chi connectivity index (χ0n) is 12.4. The van der Waals surface area contributed by atoms with Gasteiger partial charge in [0.15, 0.2) is 0 Å². The van der Waals surface area contributed by atoms with Crippen LogP contribution in [0.3, 0.4) is 0 Å². The molecule has 0 fully saturated rings. The van der Waals surface area contributed by atoms with Crippen molar-refractivity contribution in [2.75, 3.05) is 5.32 Å². The summed E-state index contributed by atoms with van der Waals surface area (Å²) in [5.74, 6) is -0.427. The fraction of sp³-hybridized carbons (Fsp3) is 0. The van der Waals surface area contributed by atoms with Gasteiger partial charge in [0.05, 0.1) is 10.5 Å². The summed E-state index contributed by atoms with van der Waals surface area (Å²) in [5, 5.41) is 9.83. The standard InChI is InChI=1S/C17H13BrN2O3S/c18-15-9-8-12(24(19,22)23)10-14(15)17(21)20-16-7-3-5-11-4-1-2-6-13(11)16/h1-10H,(H,20,21)(H2,19,22,23). The molecule has 0 bridgehead atoms. The third kappa shape index (κ3) is 3.33. The minimum absolute atomic E-state index is 0.117. The van der Waals surface area contributed by atoms with E-state index in [1.54, 1.807) is 6.07 Å². The van der Waals surface area contributed by atoms with Crippen LogP contribution in [0, 0.1) is 0 Å². The Kier molecular flexibility index (Phi) is 4.40. The smallest absolute Gasteiger partial charge is 0.256 e. The number of nitrogens with two attached hydrogens (primary N) is 1. The van der Waals surface area contributed by atoms with Gasteiger partial charge in [-0.15, -0.1) is 0 Å². The molecule has 0 radical (unpaired) electrons. The Labute approximate surface area is 147 Å². The first-order chi connectivity index (χ1) is 11.4. The van der Waals surface area contributed by atoms with Gasteiger partial charge >= 0.3 is 0 Å². The molecule has 24 heavy (non-hydrogen) atoms. The van der Waals surface area contributed by atoms with Crippen molar-refractivity contribution in [2.24, 2.45) is 5.14 Å². The fourth-order valence-corrected chi connectivity index (χ4v) is 3.35. The molecule has 0 saturated carbocycles. The van der Waals surface area contributed by atoms with Crippen molar-refractivity contribution in [1.29, 1.82) is 0 Å². The predicted octanol–water partition coefficient (Wildman–Crippen LogP) is 3.50. The molecule has 5 nitrogen and oxygen atoms in total. The number of rotatable bonds is 3. The molecule has 3 rings (SSSR count). The monoisotopic (exact) mass is 404 g/mol. The number of nitrogens with one attached hydrogen (secondary N) is 1. The fourth-order valence-electron chi connectivity index (χ4n) is 2.38. The topological polar surface area (TPSA) is 89.3 Å². The largest absolute Gasteiger partial charge is 0.321 e. The molecule has 7 heteroatoms. The van der Waals surface area contributed by atoms with Crippen molar-refractivity contribution >= 4 is 48.3 Å². The van der Waals surface area contributed by atoms with Crippen LogP contribution in [0.4, 0.5) is 5.69 Å². The van der Waals surface area contributed by atoms with Gasteiger partial charge in [0.2, 0.25) is 10.0 Å². The summed E-state index contributed by atoms with van der Waals surface area (Å²) in [7, 11) is -3.88. The van der Waals surface area contributed by atoms with Gasteiger partial charge in [-0.25, -0.2) is 13.6 Å². The zero-order valence-corrected chi connectivity index (χ0v) is 14.8. The van der Waals surface area contributed by atoms with Crippen LogP contribution in [0.5, 0.6) is 0 Å². The lowest BCUT2D eigenvalue weighted by Crippen LogP contribution is -2.16. The number of benzene rings is 3. The van der Waals surface area contributed by atoms with E-state index in [-0.39, 0.29) is 10.5 Å². The van der Waals surface area contributed by atoms with Crippen LogP contribution in [-0.4, -0.2) is 14.3 Å². The minimum Gasteiger partial charge on any atom is -0.321 e. The molecule has 0 heterocycles. The minimum atomic E-state index is -3.88. The van der Waals surface area contributed by atoms with Gasteiger partial charge in [0.25, 0.3) is 5.91 Å². The summed E-state index contributed by atoms with van der Waals surface area (Å²) in [4.78, 5) is 12.5. The molecular weight excluding hydrogens is 392 g/mol. The van der Waals surface area contributed by atoms with E-state index in [1.165, 1.54) is 18.2 Å². The van der Waals surface area contributed by atoms with Crippen molar-refractivity contribution in [3.05, 3.63) is 70.7 Å². The molecule has 0 aliphatic rings. The molecule has 0 aromatic heterocycles. The maximum Gasteiger partial charge on any atom is 0.256 e. The van der Waals surface area contributed by atoms with E-state index in [0.717, 1.165) is 10.8 Å². The number of anilines is 1. The number of amides is 1. The van der Waals surface area contributed by atoms with E-state index in [0.29, 0.717) is 10.2 Å². The van der Waals surface area contributed by atoms with E-state index in [1.807, 2.05) is 36.4 Å². The Morgan fingerprint density at radius 3 is 2.46 bits per heavy atom. The first-order valence-electron chi connectivity index (χ1n) is 6.98. The molecule has 3 aromatic carbocycles. The van der Waals surface area contributed by atoms with Crippen LogP contribution in [-0.2, 0) is 10.0 Å². The number of halogens is 1. The number of hydrogen-bond donors (Lipinski definition) is 2. The van der Waals surface area contributed by atoms with Gasteiger partial charge < -0.3 is 5.32 Å². The SMILES string of the molecule is NS(=O)(=O)c1ccc(Br)c(C(=O)Nc2cccc3ccccc23)c1. The predicted molar refractivity (Wildman–Crippen MR) is 97.4 cm³/mol. The van der Waals surface area contributed by atoms with Gasteiger partial charge in [-0.05, 0) is 45.6 Å². The summed E-state index contributed by atoms with van der Waals surface area (Å²) in [6.07, 6.45) is 0. The molecule has 0 atom stereocenters. The summed E-state index contributed by atoms with van der Waals surface area (Å²) in [6, 6.07) is 17.3. The first-order valence-corrected chi connectivity index (χ1v) is 9.31. The van der Waals surface area contributed by atoms with Gasteiger partial charge in [0, 0.05) is 15.5 Å². The highest BCUT2D eigenvalue weighted by molar-refractivity contribution is 9.10. The van der Waals surface area contributed by atoms with E-state index in [2.05, 4.69) is 21.2 Å². The lowest BCUT2D eigenvalue weighted by Gasteiger charge is -2.10. The van der Waals surface area contributed by atoms with Crippen molar-refractivity contribution < 1.29 is 13.2 Å². The lowest BCUT2D eigenvalue weighted by atomic mass is 10.1. The lowest BCUT2D eigenvalue weighted by molar-refractivity contribution is 0.102. The highest BCUT2D eigenvalue weighted by Gasteiger charge is 2.16. The average Bonchev–Trinajstić information content (AvgIpc) is 2.54. The molecule has 0 spiro atoms. The molecule has 3 aromatic rings. The average molecular weight is 405 g/mol. The Morgan fingerprint density at radius 1 is 1.00 bits per heavy atom. The number of primary sulfonamides is 1. The quantitative estimate of drug-likeness (QED) is 0.699. The Morgan fingerprint density at radius 2 is 1.71 bits per heavy atom. The zero-order chi connectivity index (χ0) is 17.3. The van der Waals surface area contributed by atoms with E-state index in [9.17, 15) is 13.2 Å². The third-order valence-electron chi connectivity index (χ3n) is 3.55. The molecular formula is C17H13BrN2O3S. The molecule has 1 amide bonds. The number of sulfonamides is 1. The van der Waals surface area contributed by atoms with Crippen molar-refractivity contribution in [3.63, 3.8) is 0 Å². The van der Waals surface area contributed by atoms with E-state index >= 15 is 0 Å². The van der Waals surface area contributed by atoms with Crippen molar-refractivity contribution in [2.45, 2.75) is 4.90 Å². The van der Waals surface area contributed by atoms with E-state index < -0.39 is 15.9 Å². The molecule has 0 saturated heterocycles. The van der Waals surface area contributed by atoms with Crippen LogP contribution in [0.1, 0.15) is 10.4 Å². The van der Waals surface area contributed by atoms with Gasteiger partial charge in [0.1, 0.15) is 0 Å². The molecule has 0 aliphatic carbocycles. The first kappa shape index (κ1) is 16.6. The Hall–Kier alpha value is -2.22. The number of carbonyl (C=O) groups is 1. The highest BCUT2D eigenvalue weighted by atomic mass is 79.9. The summed E-state index contributed by atoms with van der Waals surface area (Å²) in [5.41, 5.74) is 0.834. The maximum atomic E-state index is 12.6. The summed E-state index contributed by atoms with van der Waals surface area (Å²) in [6.45, 7) is 0. The van der Waals surface area contributed by atoms with Crippen LogP contribution >= 0.6 is 15.9 Å². The summed E-state index contributed by atoms with van der Waals surface area (Å²) >= 11 is 3.26. The molecule has 3 N–H and O–H groups in total. The summed E-state index contributed by atoms with van der Waals surface area (Å²) < 4.78 is 23.4. The maximum absolute atomic E-state index is 12.6. The second kappa shape index (κ2) is 6.35. The number of hydrogen-bond acceptors (Lipinski definition) is 3.